The third kappa shape index (κ3) is 4.41. The van der Waals surface area contributed by atoms with Crippen LogP contribution in [0.3, 0.4) is 0 Å². The van der Waals surface area contributed by atoms with E-state index in [2.05, 4.69) is 43.0 Å². The SMILES string of the molecule is CC(C)C(N)C(CO)N(C)CCc1ccccc1. The summed E-state index contributed by atoms with van der Waals surface area (Å²) in [6, 6.07) is 10.4. The molecule has 3 heteroatoms. The van der Waals surface area contributed by atoms with Crippen LogP contribution in [0.2, 0.25) is 0 Å². The fourth-order valence-electron chi connectivity index (χ4n) is 2.12. The lowest BCUT2D eigenvalue weighted by atomic mass is 9.96. The molecule has 0 aliphatic rings. The summed E-state index contributed by atoms with van der Waals surface area (Å²) in [5.41, 5.74) is 7.46. The van der Waals surface area contributed by atoms with Gasteiger partial charge in [0.25, 0.3) is 0 Å². The third-order valence-corrected chi connectivity index (χ3v) is 3.56. The Balaban J connectivity index is 2.50. The van der Waals surface area contributed by atoms with Gasteiger partial charge in [-0.1, -0.05) is 44.2 Å². The molecule has 0 heterocycles. The van der Waals surface area contributed by atoms with Crippen LogP contribution < -0.4 is 5.73 Å². The van der Waals surface area contributed by atoms with Crippen LogP contribution in [-0.2, 0) is 6.42 Å². The number of aliphatic hydroxyl groups excluding tert-OH is 1. The van der Waals surface area contributed by atoms with Gasteiger partial charge in [0.15, 0.2) is 0 Å². The van der Waals surface area contributed by atoms with Crippen molar-refractivity contribution in [2.75, 3.05) is 20.2 Å². The van der Waals surface area contributed by atoms with Crippen molar-refractivity contribution in [1.29, 1.82) is 0 Å². The lowest BCUT2D eigenvalue weighted by Crippen LogP contribution is -2.51. The lowest BCUT2D eigenvalue weighted by molar-refractivity contribution is 0.113. The molecule has 0 fully saturated rings. The van der Waals surface area contributed by atoms with Gasteiger partial charge in [-0.15, -0.1) is 0 Å². The molecule has 2 unspecified atom stereocenters. The first-order valence-electron chi connectivity index (χ1n) is 6.67. The molecule has 0 radical (unpaired) electrons. The number of nitrogens with zero attached hydrogens (tertiary/aromatic N) is 1. The summed E-state index contributed by atoms with van der Waals surface area (Å²) in [6.07, 6.45) is 0.985. The van der Waals surface area contributed by atoms with E-state index in [1.165, 1.54) is 5.56 Å². The van der Waals surface area contributed by atoms with Crippen LogP contribution in [0.1, 0.15) is 19.4 Å². The minimum Gasteiger partial charge on any atom is -0.395 e. The molecule has 0 spiro atoms. The highest BCUT2D eigenvalue weighted by Crippen LogP contribution is 2.10. The summed E-state index contributed by atoms with van der Waals surface area (Å²) in [4.78, 5) is 2.16. The molecule has 0 saturated carbocycles. The largest absolute Gasteiger partial charge is 0.395 e. The quantitative estimate of drug-likeness (QED) is 0.771. The molecule has 102 valence electrons. The number of hydrogen-bond acceptors (Lipinski definition) is 3. The zero-order chi connectivity index (χ0) is 13.5. The van der Waals surface area contributed by atoms with Crippen molar-refractivity contribution in [2.24, 2.45) is 11.7 Å². The molecular weight excluding hydrogens is 224 g/mol. The first kappa shape index (κ1) is 15.2. The molecule has 0 aliphatic heterocycles. The Kier molecular flexibility index (Phi) is 6.33. The van der Waals surface area contributed by atoms with E-state index in [1.54, 1.807) is 0 Å². The maximum atomic E-state index is 9.49. The summed E-state index contributed by atoms with van der Waals surface area (Å²) < 4.78 is 0. The van der Waals surface area contributed by atoms with Crippen molar-refractivity contribution in [1.82, 2.24) is 4.90 Å². The van der Waals surface area contributed by atoms with Crippen LogP contribution in [0.4, 0.5) is 0 Å². The Morgan fingerprint density at radius 1 is 1.22 bits per heavy atom. The standard InChI is InChI=1S/C15H26N2O/c1-12(2)15(16)14(11-18)17(3)10-9-13-7-5-4-6-8-13/h4-8,12,14-15,18H,9-11,16H2,1-3H3. The van der Waals surface area contributed by atoms with E-state index in [0.29, 0.717) is 5.92 Å². The van der Waals surface area contributed by atoms with Gasteiger partial charge in [-0.25, -0.2) is 0 Å². The van der Waals surface area contributed by atoms with E-state index < -0.39 is 0 Å². The van der Waals surface area contributed by atoms with Crippen LogP contribution >= 0.6 is 0 Å². The van der Waals surface area contributed by atoms with E-state index >= 15 is 0 Å². The van der Waals surface area contributed by atoms with Gasteiger partial charge in [-0.3, -0.25) is 4.90 Å². The molecular formula is C15H26N2O. The summed E-state index contributed by atoms with van der Waals surface area (Å²) in [6.45, 7) is 5.22. The maximum absolute atomic E-state index is 9.49. The van der Waals surface area contributed by atoms with Crippen LogP contribution in [0.15, 0.2) is 30.3 Å². The fraction of sp³-hybridized carbons (Fsp3) is 0.600. The molecule has 1 rings (SSSR count). The second-order valence-corrected chi connectivity index (χ2v) is 5.29. The van der Waals surface area contributed by atoms with E-state index in [4.69, 9.17) is 5.73 Å². The Bertz CT molecular complexity index is 327. The topological polar surface area (TPSA) is 49.5 Å². The first-order chi connectivity index (χ1) is 8.56. The second kappa shape index (κ2) is 7.52. The predicted octanol–water partition coefficient (Wildman–Crippen LogP) is 1.51. The molecule has 0 aromatic heterocycles. The molecule has 1 aromatic carbocycles. The smallest absolute Gasteiger partial charge is 0.0601 e. The van der Waals surface area contributed by atoms with Crippen LogP contribution in [0.25, 0.3) is 0 Å². The fourth-order valence-corrected chi connectivity index (χ4v) is 2.12. The predicted molar refractivity (Wildman–Crippen MR) is 76.5 cm³/mol. The van der Waals surface area contributed by atoms with Gasteiger partial charge in [-0.2, -0.15) is 0 Å². The highest BCUT2D eigenvalue weighted by atomic mass is 16.3. The van der Waals surface area contributed by atoms with E-state index in [-0.39, 0.29) is 18.7 Å². The van der Waals surface area contributed by atoms with Crippen LogP contribution in [0.5, 0.6) is 0 Å². The highest BCUT2D eigenvalue weighted by molar-refractivity contribution is 5.14. The molecule has 3 nitrogen and oxygen atoms in total. The molecule has 2 atom stereocenters. The van der Waals surface area contributed by atoms with E-state index in [9.17, 15) is 5.11 Å². The maximum Gasteiger partial charge on any atom is 0.0601 e. The van der Waals surface area contributed by atoms with Crippen molar-refractivity contribution in [3.8, 4) is 0 Å². The Morgan fingerprint density at radius 3 is 2.33 bits per heavy atom. The average molecular weight is 250 g/mol. The number of benzene rings is 1. The van der Waals surface area contributed by atoms with Crippen molar-refractivity contribution in [2.45, 2.75) is 32.4 Å². The van der Waals surface area contributed by atoms with E-state index in [0.717, 1.165) is 13.0 Å². The summed E-state index contributed by atoms with van der Waals surface area (Å²) in [5, 5.41) is 9.49. The summed E-state index contributed by atoms with van der Waals surface area (Å²) in [5.74, 6) is 0.376. The molecule has 0 saturated heterocycles. The Hall–Kier alpha value is -0.900. The second-order valence-electron chi connectivity index (χ2n) is 5.29. The molecule has 18 heavy (non-hydrogen) atoms. The van der Waals surface area contributed by atoms with Crippen LogP contribution in [0, 0.1) is 5.92 Å². The minimum atomic E-state index is 0.00998. The zero-order valence-electron chi connectivity index (χ0n) is 11.7. The summed E-state index contributed by atoms with van der Waals surface area (Å²) in [7, 11) is 2.03. The molecule has 0 amide bonds. The Morgan fingerprint density at radius 2 is 1.83 bits per heavy atom. The lowest BCUT2D eigenvalue weighted by Gasteiger charge is -2.33. The number of aliphatic hydroxyl groups is 1. The highest BCUT2D eigenvalue weighted by Gasteiger charge is 2.23. The summed E-state index contributed by atoms with van der Waals surface area (Å²) >= 11 is 0. The normalized spacial score (nSPS) is 15.1. The molecule has 0 bridgehead atoms. The van der Waals surface area contributed by atoms with Crippen molar-refractivity contribution in [3.05, 3.63) is 35.9 Å². The van der Waals surface area contributed by atoms with Gasteiger partial charge >= 0.3 is 0 Å². The zero-order valence-corrected chi connectivity index (χ0v) is 11.7. The molecule has 0 aliphatic carbocycles. The van der Waals surface area contributed by atoms with Gasteiger partial charge in [0, 0.05) is 18.6 Å². The molecule has 1 aromatic rings. The Labute approximate surface area is 111 Å². The number of nitrogens with two attached hydrogens (primary N) is 1. The molecule has 3 N–H and O–H groups in total. The number of hydrogen-bond donors (Lipinski definition) is 2. The van der Waals surface area contributed by atoms with Gasteiger partial charge in [0.05, 0.1) is 6.61 Å². The van der Waals surface area contributed by atoms with Crippen LogP contribution in [-0.4, -0.2) is 42.3 Å². The van der Waals surface area contributed by atoms with Crippen molar-refractivity contribution in [3.63, 3.8) is 0 Å². The average Bonchev–Trinajstić information content (AvgIpc) is 2.38. The van der Waals surface area contributed by atoms with Gasteiger partial charge in [-0.05, 0) is 24.9 Å². The third-order valence-electron chi connectivity index (χ3n) is 3.56. The van der Waals surface area contributed by atoms with Gasteiger partial charge in [0.2, 0.25) is 0 Å². The van der Waals surface area contributed by atoms with E-state index in [1.807, 2.05) is 13.1 Å². The first-order valence-corrected chi connectivity index (χ1v) is 6.67. The minimum absolute atomic E-state index is 0.00998. The van der Waals surface area contributed by atoms with Gasteiger partial charge in [0.1, 0.15) is 0 Å². The van der Waals surface area contributed by atoms with Gasteiger partial charge < -0.3 is 10.8 Å². The van der Waals surface area contributed by atoms with Crippen molar-refractivity contribution >= 4 is 0 Å². The number of rotatable bonds is 7. The van der Waals surface area contributed by atoms with Crippen molar-refractivity contribution < 1.29 is 5.11 Å². The monoisotopic (exact) mass is 250 g/mol. The number of likely N-dealkylation sites (N-methyl/N-ethyl adjacent to an activating group) is 1.